The molecular formula is C13H20ClN3O2. The van der Waals surface area contributed by atoms with Crippen LogP contribution in [0.3, 0.4) is 0 Å². The second kappa shape index (κ2) is 7.31. The number of carbonyl (C=O) groups excluding carboxylic acids is 1. The van der Waals surface area contributed by atoms with Crippen molar-refractivity contribution >= 4 is 24.0 Å². The van der Waals surface area contributed by atoms with E-state index in [0.717, 1.165) is 25.1 Å². The summed E-state index contributed by atoms with van der Waals surface area (Å²) in [4.78, 5) is 17.8. The van der Waals surface area contributed by atoms with Crippen LogP contribution >= 0.6 is 12.4 Å². The molecular weight excluding hydrogens is 266 g/mol. The number of hydrogen-bond acceptors (Lipinski definition) is 4. The first kappa shape index (κ1) is 15.7. The molecule has 1 unspecified atom stereocenters. The largest absolute Gasteiger partial charge is 0.397 e. The van der Waals surface area contributed by atoms with Crippen molar-refractivity contribution in [3.63, 3.8) is 0 Å². The summed E-state index contributed by atoms with van der Waals surface area (Å²) in [5.74, 6) is 0.0581. The molecule has 106 valence electrons. The first-order valence-electron chi connectivity index (χ1n) is 6.21. The molecule has 5 nitrogen and oxygen atoms in total. The number of halogens is 1. The van der Waals surface area contributed by atoms with Crippen LogP contribution in [0.15, 0.2) is 18.3 Å². The molecule has 0 radical (unpaired) electrons. The van der Waals surface area contributed by atoms with Gasteiger partial charge in [-0.2, -0.15) is 0 Å². The number of hydrogen-bond donors (Lipinski definition) is 1. The summed E-state index contributed by atoms with van der Waals surface area (Å²) in [5, 5.41) is 0. The lowest BCUT2D eigenvalue weighted by Crippen LogP contribution is -2.35. The van der Waals surface area contributed by atoms with Gasteiger partial charge >= 0.3 is 0 Å². The summed E-state index contributed by atoms with van der Waals surface area (Å²) in [7, 11) is 1.81. The van der Waals surface area contributed by atoms with E-state index in [2.05, 4.69) is 4.98 Å². The lowest BCUT2D eigenvalue weighted by atomic mass is 10.2. The fourth-order valence-corrected chi connectivity index (χ4v) is 2.03. The Morgan fingerprint density at radius 3 is 2.95 bits per heavy atom. The Bertz CT molecular complexity index is 405. The standard InChI is InChI=1S/C13H19N3O2.ClH/c1-16(9-12-3-2-6-18-12)13(17)7-11-5-4-10(14)8-15-11;/h4-5,8,12H,2-3,6-7,9,14H2,1H3;1H. The molecule has 19 heavy (non-hydrogen) atoms. The Balaban J connectivity index is 0.00000180. The van der Waals surface area contributed by atoms with Crippen LogP contribution in [-0.4, -0.2) is 42.1 Å². The topological polar surface area (TPSA) is 68.5 Å². The number of nitrogens with zero attached hydrogens (tertiary/aromatic N) is 2. The average molecular weight is 286 g/mol. The molecule has 1 atom stereocenters. The van der Waals surface area contributed by atoms with E-state index in [9.17, 15) is 4.79 Å². The van der Waals surface area contributed by atoms with Gasteiger partial charge in [-0.25, -0.2) is 0 Å². The number of pyridine rings is 1. The van der Waals surface area contributed by atoms with E-state index in [0.29, 0.717) is 18.7 Å². The number of nitrogens with two attached hydrogens (primary N) is 1. The predicted octanol–water partition coefficient (Wildman–Crippen LogP) is 1.27. The van der Waals surface area contributed by atoms with Crippen molar-refractivity contribution in [2.45, 2.75) is 25.4 Å². The maximum absolute atomic E-state index is 12.0. The third-order valence-corrected chi connectivity index (χ3v) is 3.11. The molecule has 0 bridgehead atoms. The second-order valence-corrected chi connectivity index (χ2v) is 4.67. The van der Waals surface area contributed by atoms with Crippen LogP contribution in [0, 0.1) is 0 Å². The van der Waals surface area contributed by atoms with E-state index in [1.807, 2.05) is 0 Å². The molecule has 2 rings (SSSR count). The molecule has 6 heteroatoms. The van der Waals surface area contributed by atoms with Crippen molar-refractivity contribution in [2.75, 3.05) is 25.9 Å². The highest BCUT2D eigenvalue weighted by Crippen LogP contribution is 2.13. The summed E-state index contributed by atoms with van der Waals surface area (Å²) in [6, 6.07) is 3.54. The summed E-state index contributed by atoms with van der Waals surface area (Å²) in [6.45, 7) is 1.47. The monoisotopic (exact) mass is 285 g/mol. The van der Waals surface area contributed by atoms with Crippen LogP contribution in [-0.2, 0) is 16.0 Å². The maximum Gasteiger partial charge on any atom is 0.228 e. The van der Waals surface area contributed by atoms with Gasteiger partial charge < -0.3 is 15.4 Å². The number of carbonyl (C=O) groups is 1. The Hall–Kier alpha value is -1.33. The summed E-state index contributed by atoms with van der Waals surface area (Å²) in [6.07, 6.45) is 4.20. The molecule has 0 aliphatic carbocycles. The van der Waals surface area contributed by atoms with E-state index in [1.165, 1.54) is 0 Å². The van der Waals surface area contributed by atoms with Crippen LogP contribution in [0.4, 0.5) is 5.69 Å². The van der Waals surface area contributed by atoms with Gasteiger partial charge in [0, 0.05) is 25.9 Å². The lowest BCUT2D eigenvalue weighted by Gasteiger charge is -2.20. The van der Waals surface area contributed by atoms with E-state index in [-0.39, 0.29) is 24.4 Å². The fourth-order valence-electron chi connectivity index (χ4n) is 2.03. The minimum Gasteiger partial charge on any atom is -0.397 e. The molecule has 1 amide bonds. The zero-order chi connectivity index (χ0) is 13.0. The van der Waals surface area contributed by atoms with Crippen molar-refractivity contribution in [1.29, 1.82) is 0 Å². The van der Waals surface area contributed by atoms with Crippen LogP contribution in [0.1, 0.15) is 18.5 Å². The van der Waals surface area contributed by atoms with Crippen molar-refractivity contribution in [3.05, 3.63) is 24.0 Å². The first-order valence-corrected chi connectivity index (χ1v) is 6.21. The Morgan fingerprint density at radius 1 is 1.58 bits per heavy atom. The number of rotatable bonds is 4. The summed E-state index contributed by atoms with van der Waals surface area (Å²) in [5.41, 5.74) is 6.91. The number of nitrogen functional groups attached to an aromatic ring is 1. The summed E-state index contributed by atoms with van der Waals surface area (Å²) < 4.78 is 5.51. The number of aromatic nitrogens is 1. The van der Waals surface area contributed by atoms with Crippen molar-refractivity contribution < 1.29 is 9.53 Å². The number of ether oxygens (including phenoxy) is 1. The van der Waals surface area contributed by atoms with Gasteiger partial charge in [-0.1, -0.05) is 0 Å². The van der Waals surface area contributed by atoms with E-state index in [4.69, 9.17) is 10.5 Å². The highest BCUT2D eigenvalue weighted by Gasteiger charge is 2.20. The first-order chi connectivity index (χ1) is 8.65. The molecule has 1 aromatic heterocycles. The highest BCUT2D eigenvalue weighted by molar-refractivity contribution is 5.85. The third kappa shape index (κ3) is 4.69. The maximum atomic E-state index is 12.0. The Morgan fingerprint density at radius 2 is 2.37 bits per heavy atom. The Kier molecular flexibility index (Phi) is 6.05. The zero-order valence-electron chi connectivity index (χ0n) is 11.0. The van der Waals surface area contributed by atoms with Gasteiger partial charge in [-0.15, -0.1) is 12.4 Å². The second-order valence-electron chi connectivity index (χ2n) is 4.67. The number of likely N-dealkylation sites (N-methyl/N-ethyl adjacent to an activating group) is 1. The van der Waals surface area contributed by atoms with E-state index < -0.39 is 0 Å². The quantitative estimate of drug-likeness (QED) is 0.904. The average Bonchev–Trinajstić information content (AvgIpc) is 2.85. The van der Waals surface area contributed by atoms with Crippen LogP contribution < -0.4 is 5.73 Å². The van der Waals surface area contributed by atoms with E-state index >= 15 is 0 Å². The van der Waals surface area contributed by atoms with Crippen molar-refractivity contribution in [2.24, 2.45) is 0 Å². The minimum atomic E-state index is 0. The molecule has 0 aromatic carbocycles. The van der Waals surface area contributed by atoms with Gasteiger partial charge in [0.05, 0.1) is 24.4 Å². The lowest BCUT2D eigenvalue weighted by molar-refractivity contribution is -0.130. The Labute approximate surface area is 119 Å². The molecule has 1 aliphatic rings. The normalized spacial score (nSPS) is 17.8. The third-order valence-electron chi connectivity index (χ3n) is 3.11. The van der Waals surface area contributed by atoms with E-state index in [1.54, 1.807) is 30.3 Å². The van der Waals surface area contributed by atoms with Gasteiger partial charge in [0.15, 0.2) is 0 Å². The smallest absolute Gasteiger partial charge is 0.228 e. The van der Waals surface area contributed by atoms with Gasteiger partial charge in [0.2, 0.25) is 5.91 Å². The molecule has 1 fully saturated rings. The van der Waals surface area contributed by atoms with Crippen molar-refractivity contribution in [1.82, 2.24) is 9.88 Å². The van der Waals surface area contributed by atoms with Crippen LogP contribution in [0.25, 0.3) is 0 Å². The van der Waals surface area contributed by atoms with Gasteiger partial charge in [-0.3, -0.25) is 9.78 Å². The molecule has 1 aliphatic heterocycles. The van der Waals surface area contributed by atoms with Gasteiger partial charge in [-0.05, 0) is 25.0 Å². The van der Waals surface area contributed by atoms with Gasteiger partial charge in [0.25, 0.3) is 0 Å². The summed E-state index contributed by atoms with van der Waals surface area (Å²) >= 11 is 0. The molecule has 0 spiro atoms. The van der Waals surface area contributed by atoms with Crippen molar-refractivity contribution in [3.8, 4) is 0 Å². The minimum absolute atomic E-state index is 0. The fraction of sp³-hybridized carbons (Fsp3) is 0.538. The number of anilines is 1. The van der Waals surface area contributed by atoms with Crippen LogP contribution in [0.2, 0.25) is 0 Å². The number of amides is 1. The highest BCUT2D eigenvalue weighted by atomic mass is 35.5. The van der Waals surface area contributed by atoms with Crippen LogP contribution in [0.5, 0.6) is 0 Å². The predicted molar refractivity (Wildman–Crippen MR) is 76.2 cm³/mol. The molecule has 1 aromatic rings. The SMILES string of the molecule is CN(CC1CCCO1)C(=O)Cc1ccc(N)cn1.Cl. The molecule has 0 saturated carbocycles. The molecule has 1 saturated heterocycles. The van der Waals surface area contributed by atoms with Gasteiger partial charge in [0.1, 0.15) is 0 Å². The molecule has 2 N–H and O–H groups in total. The zero-order valence-corrected chi connectivity index (χ0v) is 11.9. The molecule has 2 heterocycles.